The summed E-state index contributed by atoms with van der Waals surface area (Å²) in [4.78, 5) is 14.1. The predicted molar refractivity (Wildman–Crippen MR) is 131 cm³/mol. The number of carbonyl (C=O) groups excluding carboxylic acids is 1. The molecule has 0 saturated carbocycles. The first-order valence-electron chi connectivity index (χ1n) is 10.8. The minimum absolute atomic E-state index is 0.0612. The van der Waals surface area contributed by atoms with Crippen LogP contribution in [0.4, 0.5) is 5.69 Å². The smallest absolute Gasteiger partial charge is 0.248 e. The molecule has 1 aliphatic rings. The van der Waals surface area contributed by atoms with E-state index in [1.807, 2.05) is 49.6 Å². The molecule has 0 aliphatic carbocycles. The SMILES string of the molecule is Cc1cccc(C)c1NC(=O)[C@H]1CCCN(S(=O)(=O)c2c(C)noc2/C=C/c2cccs2)C1. The average Bonchev–Trinajstić information content (AvgIpc) is 3.44. The molecule has 7 nitrogen and oxygen atoms in total. The van der Waals surface area contributed by atoms with Crippen LogP contribution in [-0.4, -0.2) is 36.9 Å². The highest BCUT2D eigenvalue weighted by molar-refractivity contribution is 7.89. The number of rotatable bonds is 6. The second-order valence-corrected chi connectivity index (χ2v) is 11.1. The molecule has 9 heteroatoms. The fraction of sp³-hybridized carbons (Fsp3) is 0.333. The molecule has 1 atom stereocenters. The van der Waals surface area contributed by atoms with Crippen molar-refractivity contribution in [3.63, 3.8) is 0 Å². The van der Waals surface area contributed by atoms with E-state index >= 15 is 0 Å². The van der Waals surface area contributed by atoms with E-state index in [0.29, 0.717) is 25.1 Å². The molecule has 0 unspecified atom stereocenters. The Labute approximate surface area is 198 Å². The molecule has 1 aliphatic heterocycles. The van der Waals surface area contributed by atoms with Gasteiger partial charge in [-0.2, -0.15) is 4.31 Å². The van der Waals surface area contributed by atoms with Crippen LogP contribution in [0.25, 0.3) is 12.2 Å². The lowest BCUT2D eigenvalue weighted by atomic mass is 9.98. The summed E-state index contributed by atoms with van der Waals surface area (Å²) in [5.74, 6) is -0.395. The summed E-state index contributed by atoms with van der Waals surface area (Å²) in [6, 6.07) is 9.69. The molecule has 174 valence electrons. The van der Waals surface area contributed by atoms with Crippen LogP contribution in [0.3, 0.4) is 0 Å². The Morgan fingerprint density at radius 3 is 2.64 bits per heavy atom. The van der Waals surface area contributed by atoms with Crippen molar-refractivity contribution in [2.75, 3.05) is 18.4 Å². The number of piperidine rings is 1. The standard InChI is InChI=1S/C24H27N3O4S2/c1-16-7-4-8-17(2)22(16)25-24(28)19-9-5-13-27(15-19)33(29,30)23-18(3)26-31-21(23)12-11-20-10-6-14-32-20/h4,6-8,10-12,14,19H,5,9,13,15H2,1-3H3,(H,25,28)/b12-11+/t19-/m0/s1. The maximum absolute atomic E-state index is 13.5. The highest BCUT2D eigenvalue weighted by atomic mass is 32.2. The number of thiophene rings is 1. The molecule has 1 saturated heterocycles. The van der Waals surface area contributed by atoms with Gasteiger partial charge in [0.2, 0.25) is 15.9 Å². The molecule has 1 amide bonds. The third-order valence-corrected chi connectivity index (χ3v) is 8.72. The molecule has 1 aromatic carbocycles. The molecule has 0 bridgehead atoms. The zero-order chi connectivity index (χ0) is 23.6. The van der Waals surface area contributed by atoms with Gasteiger partial charge in [0, 0.05) is 23.7 Å². The average molecular weight is 486 g/mol. The fourth-order valence-electron chi connectivity index (χ4n) is 4.08. The summed E-state index contributed by atoms with van der Waals surface area (Å²) in [7, 11) is -3.88. The van der Waals surface area contributed by atoms with Gasteiger partial charge < -0.3 is 9.84 Å². The highest BCUT2D eigenvalue weighted by Gasteiger charge is 2.37. The largest absolute Gasteiger partial charge is 0.355 e. The Morgan fingerprint density at radius 2 is 1.94 bits per heavy atom. The Hall–Kier alpha value is -2.75. The minimum atomic E-state index is -3.88. The zero-order valence-electron chi connectivity index (χ0n) is 18.9. The number of para-hydroxylation sites is 1. The number of aryl methyl sites for hydroxylation is 3. The van der Waals surface area contributed by atoms with Crippen molar-refractivity contribution in [2.24, 2.45) is 5.92 Å². The zero-order valence-corrected chi connectivity index (χ0v) is 20.5. The van der Waals surface area contributed by atoms with E-state index in [4.69, 9.17) is 4.52 Å². The maximum atomic E-state index is 13.5. The van der Waals surface area contributed by atoms with Gasteiger partial charge in [-0.15, -0.1) is 11.3 Å². The van der Waals surface area contributed by atoms with Crippen molar-refractivity contribution < 1.29 is 17.7 Å². The molecule has 0 radical (unpaired) electrons. The Balaban J connectivity index is 1.54. The van der Waals surface area contributed by atoms with E-state index in [1.165, 1.54) is 4.31 Å². The lowest BCUT2D eigenvalue weighted by molar-refractivity contribution is -0.120. The lowest BCUT2D eigenvalue weighted by Crippen LogP contribution is -2.44. The molecular weight excluding hydrogens is 458 g/mol. The van der Waals surface area contributed by atoms with E-state index in [1.54, 1.807) is 30.4 Å². The van der Waals surface area contributed by atoms with Gasteiger partial charge in [-0.25, -0.2) is 8.42 Å². The summed E-state index contributed by atoms with van der Waals surface area (Å²) in [6.45, 7) is 5.99. The quantitative estimate of drug-likeness (QED) is 0.538. The van der Waals surface area contributed by atoms with Gasteiger partial charge >= 0.3 is 0 Å². The Kier molecular flexibility index (Phi) is 6.83. The van der Waals surface area contributed by atoms with Crippen molar-refractivity contribution in [2.45, 2.75) is 38.5 Å². The van der Waals surface area contributed by atoms with Crippen LogP contribution in [0, 0.1) is 26.7 Å². The maximum Gasteiger partial charge on any atom is 0.248 e. The van der Waals surface area contributed by atoms with Gasteiger partial charge in [0.1, 0.15) is 5.69 Å². The summed E-state index contributed by atoms with van der Waals surface area (Å²) >= 11 is 1.54. The summed E-state index contributed by atoms with van der Waals surface area (Å²) < 4.78 is 33.8. The van der Waals surface area contributed by atoms with Crippen molar-refractivity contribution in [3.8, 4) is 0 Å². The highest BCUT2D eigenvalue weighted by Crippen LogP contribution is 2.30. The van der Waals surface area contributed by atoms with Crippen LogP contribution in [0.2, 0.25) is 0 Å². The number of nitrogens with zero attached hydrogens (tertiary/aromatic N) is 2. The monoisotopic (exact) mass is 485 g/mol. The molecule has 1 N–H and O–H groups in total. The van der Waals surface area contributed by atoms with Crippen molar-refractivity contribution in [1.29, 1.82) is 0 Å². The van der Waals surface area contributed by atoms with Gasteiger partial charge in [0.25, 0.3) is 0 Å². The van der Waals surface area contributed by atoms with Crippen molar-refractivity contribution >= 4 is 45.1 Å². The number of hydrogen-bond acceptors (Lipinski definition) is 6. The third-order valence-electron chi connectivity index (χ3n) is 5.86. The summed E-state index contributed by atoms with van der Waals surface area (Å²) in [5.41, 5.74) is 3.05. The molecule has 0 spiro atoms. The van der Waals surface area contributed by atoms with Crippen LogP contribution in [0.15, 0.2) is 45.1 Å². The van der Waals surface area contributed by atoms with E-state index in [-0.39, 0.29) is 23.1 Å². The van der Waals surface area contributed by atoms with E-state index in [2.05, 4.69) is 10.5 Å². The third kappa shape index (κ3) is 4.95. The van der Waals surface area contributed by atoms with Crippen LogP contribution in [0.1, 0.15) is 40.3 Å². The van der Waals surface area contributed by atoms with Gasteiger partial charge in [-0.3, -0.25) is 4.79 Å². The van der Waals surface area contributed by atoms with Crippen LogP contribution >= 0.6 is 11.3 Å². The van der Waals surface area contributed by atoms with Crippen LogP contribution in [0.5, 0.6) is 0 Å². The Morgan fingerprint density at radius 1 is 1.18 bits per heavy atom. The summed E-state index contributed by atoms with van der Waals surface area (Å²) in [6.07, 6.45) is 4.68. The Bertz CT molecular complexity index is 1260. The number of hydrogen-bond donors (Lipinski definition) is 1. The topological polar surface area (TPSA) is 92.5 Å². The van der Waals surface area contributed by atoms with E-state index in [0.717, 1.165) is 21.7 Å². The molecule has 4 rings (SSSR count). The summed E-state index contributed by atoms with van der Waals surface area (Å²) in [5, 5.41) is 8.86. The number of anilines is 1. The van der Waals surface area contributed by atoms with Crippen molar-refractivity contribution in [1.82, 2.24) is 9.46 Å². The normalized spacial score (nSPS) is 17.5. The van der Waals surface area contributed by atoms with Gasteiger partial charge in [-0.1, -0.05) is 29.4 Å². The van der Waals surface area contributed by atoms with Gasteiger partial charge in [-0.05, 0) is 68.3 Å². The van der Waals surface area contributed by atoms with Crippen LogP contribution < -0.4 is 5.32 Å². The first-order chi connectivity index (χ1) is 15.8. The number of aromatic nitrogens is 1. The minimum Gasteiger partial charge on any atom is -0.355 e. The predicted octanol–water partition coefficient (Wildman–Crippen LogP) is 4.87. The van der Waals surface area contributed by atoms with Crippen molar-refractivity contribution in [3.05, 3.63) is 63.2 Å². The molecule has 3 heterocycles. The second kappa shape index (κ2) is 9.62. The number of amides is 1. The van der Waals surface area contributed by atoms with E-state index < -0.39 is 15.9 Å². The molecule has 33 heavy (non-hydrogen) atoms. The number of sulfonamides is 1. The van der Waals surface area contributed by atoms with Crippen LogP contribution in [-0.2, 0) is 14.8 Å². The fourth-order valence-corrected chi connectivity index (χ4v) is 6.48. The molecule has 3 aromatic rings. The second-order valence-electron chi connectivity index (χ2n) is 8.27. The molecule has 1 fully saturated rings. The first-order valence-corrected chi connectivity index (χ1v) is 13.1. The first kappa shape index (κ1) is 23.4. The molecular formula is C24H27N3O4S2. The number of benzene rings is 1. The van der Waals surface area contributed by atoms with Gasteiger partial charge in [0.05, 0.1) is 5.92 Å². The lowest BCUT2D eigenvalue weighted by Gasteiger charge is -2.31. The number of carbonyl (C=O) groups is 1. The van der Waals surface area contributed by atoms with Gasteiger partial charge in [0.15, 0.2) is 10.7 Å². The number of nitrogens with one attached hydrogen (secondary N) is 1. The van der Waals surface area contributed by atoms with E-state index in [9.17, 15) is 13.2 Å². The molecule has 2 aromatic heterocycles.